The van der Waals surface area contributed by atoms with Gasteiger partial charge in [-0.1, -0.05) is 5.76 Å². The van der Waals surface area contributed by atoms with Gasteiger partial charge in [0, 0.05) is 21.7 Å². The van der Waals surface area contributed by atoms with E-state index in [1.807, 2.05) is 12.2 Å². The second kappa shape index (κ2) is 9.57. The maximum absolute atomic E-state index is 4.83. The first kappa shape index (κ1) is 16.9. The zero-order valence-electron chi connectivity index (χ0n) is 5.59. The monoisotopic (exact) mass is 215 g/mol. The van der Waals surface area contributed by atoms with E-state index in [9.17, 15) is 0 Å². The van der Waals surface area contributed by atoms with Crippen LogP contribution in [-0.4, -0.2) is 7.11 Å². The summed E-state index contributed by atoms with van der Waals surface area (Å²) in [6.45, 7) is 0. The van der Waals surface area contributed by atoms with Gasteiger partial charge in [-0.25, -0.2) is 6.08 Å². The van der Waals surface area contributed by atoms with Gasteiger partial charge in [-0.3, -0.25) is 0 Å². The summed E-state index contributed by atoms with van der Waals surface area (Å²) >= 11 is 0. The number of hydrogen-bond acceptors (Lipinski definition) is 1. The molecule has 0 fully saturated rings. The van der Waals surface area contributed by atoms with Gasteiger partial charge in [-0.15, -0.1) is 31.2 Å². The van der Waals surface area contributed by atoms with E-state index < -0.39 is 0 Å². The van der Waals surface area contributed by atoms with E-state index >= 15 is 0 Å². The van der Waals surface area contributed by atoms with Crippen LogP contribution in [-0.2, 0) is 26.5 Å². The van der Waals surface area contributed by atoms with Crippen molar-refractivity contribution in [1.29, 1.82) is 0 Å². The third-order valence-electron chi connectivity index (χ3n) is 0.883. The molecule has 1 rings (SSSR count). The van der Waals surface area contributed by atoms with Gasteiger partial charge in [-0.2, -0.15) is 12.2 Å². The molecule has 1 nitrogen and oxygen atoms in total. The predicted molar refractivity (Wildman–Crippen MR) is 42.0 cm³/mol. The van der Waals surface area contributed by atoms with Gasteiger partial charge in [0.15, 0.2) is 0 Å². The van der Waals surface area contributed by atoms with Gasteiger partial charge in [0.1, 0.15) is 0 Å². The van der Waals surface area contributed by atoms with Crippen molar-refractivity contribution in [1.82, 2.24) is 0 Å². The fourth-order valence-electron chi connectivity index (χ4n) is 0.525. The summed E-state index contributed by atoms with van der Waals surface area (Å²) < 4.78 is 4.83. The average molecular weight is 216 g/mol. The van der Waals surface area contributed by atoms with Crippen molar-refractivity contribution in [3.8, 4) is 0 Å². The number of allylic oxidation sites excluding steroid dienone is 3. The Morgan fingerprint density at radius 3 is 2.30 bits per heavy atom. The first-order valence-electron chi connectivity index (χ1n) is 2.25. The van der Waals surface area contributed by atoms with Crippen molar-refractivity contribution < 1.29 is 26.5 Å². The van der Waals surface area contributed by atoms with E-state index in [4.69, 9.17) is 4.74 Å². The van der Waals surface area contributed by atoms with Crippen molar-refractivity contribution in [2.45, 2.75) is 6.42 Å². The number of ether oxygens (including phenoxy) is 1. The summed E-state index contributed by atoms with van der Waals surface area (Å²) in [6, 6.07) is 0. The van der Waals surface area contributed by atoms with Gasteiger partial charge >= 0.3 is 0 Å². The van der Waals surface area contributed by atoms with E-state index in [1.54, 1.807) is 7.11 Å². The maximum Gasteiger partial charge on any atom is 0.0728 e. The molecule has 0 unspecified atom stereocenters. The van der Waals surface area contributed by atoms with E-state index in [0.29, 0.717) is 0 Å². The molecule has 0 bridgehead atoms. The van der Waals surface area contributed by atoms with E-state index in [0.717, 1.165) is 12.2 Å². The Balaban J connectivity index is -0.000000163. The summed E-state index contributed by atoms with van der Waals surface area (Å²) in [7, 11) is 1.65. The number of halogens is 2. The SMILES string of the molecule is COC1=[C-]CC=C1.Cl.Cl.[Ti]. The van der Waals surface area contributed by atoms with E-state index in [2.05, 4.69) is 6.08 Å². The molecule has 0 heterocycles. The largest absolute Gasteiger partial charge is 0.535 e. The Labute approximate surface area is 88.6 Å². The van der Waals surface area contributed by atoms with Crippen LogP contribution < -0.4 is 0 Å². The number of hydrogen-bond donors (Lipinski definition) is 0. The van der Waals surface area contributed by atoms with Crippen LogP contribution in [0.2, 0.25) is 0 Å². The summed E-state index contributed by atoms with van der Waals surface area (Å²) in [6.07, 6.45) is 7.82. The topological polar surface area (TPSA) is 9.23 Å². The fraction of sp³-hybridized carbons (Fsp3) is 0.333. The van der Waals surface area contributed by atoms with Crippen molar-refractivity contribution in [2.75, 3.05) is 7.11 Å². The van der Waals surface area contributed by atoms with Gasteiger partial charge in [0.05, 0.1) is 7.11 Å². The van der Waals surface area contributed by atoms with Crippen LogP contribution in [0.3, 0.4) is 0 Å². The zero-order chi connectivity index (χ0) is 5.11. The Hall–Kier alpha value is 0.574. The molecule has 0 aliphatic heterocycles. The Morgan fingerprint density at radius 1 is 1.50 bits per heavy atom. The van der Waals surface area contributed by atoms with Crippen LogP contribution in [0.4, 0.5) is 0 Å². The van der Waals surface area contributed by atoms with Crippen LogP contribution in [0.1, 0.15) is 6.42 Å². The van der Waals surface area contributed by atoms with E-state index in [1.165, 1.54) is 0 Å². The number of methoxy groups -OCH3 is 1. The second-order valence-electron chi connectivity index (χ2n) is 1.35. The molecule has 58 valence electrons. The molecule has 0 spiro atoms. The minimum Gasteiger partial charge on any atom is -0.535 e. The van der Waals surface area contributed by atoms with Crippen LogP contribution in [0.15, 0.2) is 17.9 Å². The third-order valence-corrected chi connectivity index (χ3v) is 0.883. The Morgan fingerprint density at radius 2 is 2.10 bits per heavy atom. The first-order valence-corrected chi connectivity index (χ1v) is 2.25. The average Bonchev–Trinajstić information content (AvgIpc) is 2.14. The van der Waals surface area contributed by atoms with E-state index in [-0.39, 0.29) is 46.5 Å². The van der Waals surface area contributed by atoms with Crippen molar-refractivity contribution in [2.24, 2.45) is 0 Å². The molecule has 4 heteroatoms. The maximum atomic E-state index is 4.83. The van der Waals surface area contributed by atoms with Gasteiger partial charge < -0.3 is 4.74 Å². The molecule has 0 radical (unpaired) electrons. The Bertz CT molecular complexity index is 123. The van der Waals surface area contributed by atoms with Crippen LogP contribution in [0, 0.1) is 6.08 Å². The summed E-state index contributed by atoms with van der Waals surface area (Å²) in [5.74, 6) is 0.861. The molecule has 0 amide bonds. The van der Waals surface area contributed by atoms with Crippen molar-refractivity contribution in [3.05, 3.63) is 24.0 Å². The standard InChI is InChI=1S/C6H7O.2ClH.Ti/c1-7-6-4-2-3-5-6;;;/h2,4H,3H2,1H3;2*1H;/q-1;;;. The molecule has 0 aromatic heterocycles. The molecule has 0 aromatic carbocycles. The summed E-state index contributed by atoms with van der Waals surface area (Å²) in [5, 5.41) is 0. The minimum atomic E-state index is 0. The van der Waals surface area contributed by atoms with Crippen LogP contribution in [0.25, 0.3) is 0 Å². The zero-order valence-corrected chi connectivity index (χ0v) is 8.78. The molecule has 1 aliphatic rings. The molecular weight excluding hydrogens is 207 g/mol. The summed E-state index contributed by atoms with van der Waals surface area (Å²) in [4.78, 5) is 0. The van der Waals surface area contributed by atoms with Gasteiger partial charge in [0.2, 0.25) is 0 Å². The quantitative estimate of drug-likeness (QED) is 0.481. The fourth-order valence-corrected chi connectivity index (χ4v) is 0.525. The van der Waals surface area contributed by atoms with Crippen molar-refractivity contribution >= 4 is 24.8 Å². The number of rotatable bonds is 1. The molecule has 10 heavy (non-hydrogen) atoms. The molecule has 0 aromatic rings. The Kier molecular flexibility index (Phi) is 16.2. The molecular formula is C6H9Cl2OTi-. The minimum absolute atomic E-state index is 0. The van der Waals surface area contributed by atoms with Gasteiger partial charge in [-0.05, 0) is 0 Å². The second-order valence-corrected chi connectivity index (χ2v) is 1.35. The third kappa shape index (κ3) is 5.37. The van der Waals surface area contributed by atoms with Crippen LogP contribution in [0.5, 0.6) is 0 Å². The van der Waals surface area contributed by atoms with Crippen LogP contribution >= 0.6 is 24.8 Å². The molecule has 1 aliphatic carbocycles. The normalized spacial score (nSPS) is 11.9. The van der Waals surface area contributed by atoms with Gasteiger partial charge in [0.25, 0.3) is 0 Å². The summed E-state index contributed by atoms with van der Waals surface area (Å²) in [5.41, 5.74) is 0. The molecule has 0 saturated carbocycles. The first-order chi connectivity index (χ1) is 3.43. The predicted octanol–water partition coefficient (Wildman–Crippen LogP) is 2.12. The molecule has 0 N–H and O–H groups in total. The van der Waals surface area contributed by atoms with Crippen molar-refractivity contribution in [3.63, 3.8) is 0 Å². The molecule has 0 atom stereocenters. The smallest absolute Gasteiger partial charge is 0.0728 e. The molecule has 0 saturated heterocycles.